The molecule has 0 fully saturated rings. The standard InChI is InChI=1S/C20H17ClF2N4O2S/c1-2-9-27-18(11-29-15-6-3-13(21)4-7-15)25-26-20(27)30-12-19(28)24-17-10-14(22)5-8-16(17)23/h2-8,10H,1,9,11-12H2,(H,24,28). The van der Waals surface area contributed by atoms with Crippen molar-refractivity contribution in [2.24, 2.45) is 0 Å². The van der Waals surface area contributed by atoms with E-state index >= 15 is 0 Å². The van der Waals surface area contributed by atoms with Gasteiger partial charge in [0.1, 0.15) is 24.0 Å². The fourth-order valence-corrected chi connectivity index (χ4v) is 3.33. The largest absolute Gasteiger partial charge is 0.486 e. The van der Waals surface area contributed by atoms with E-state index in [1.165, 1.54) is 0 Å². The first kappa shape index (κ1) is 21.8. The van der Waals surface area contributed by atoms with Crippen LogP contribution in [0.3, 0.4) is 0 Å². The Hall–Kier alpha value is -2.91. The van der Waals surface area contributed by atoms with Crippen molar-refractivity contribution in [2.75, 3.05) is 11.1 Å². The zero-order chi connectivity index (χ0) is 21.5. The molecule has 1 heterocycles. The number of hydrogen-bond acceptors (Lipinski definition) is 5. The van der Waals surface area contributed by atoms with Gasteiger partial charge in [-0.05, 0) is 36.4 Å². The molecule has 0 bridgehead atoms. The molecular weight excluding hydrogens is 434 g/mol. The van der Waals surface area contributed by atoms with Gasteiger partial charge in [-0.1, -0.05) is 29.4 Å². The van der Waals surface area contributed by atoms with Gasteiger partial charge in [0.05, 0.1) is 11.4 Å². The van der Waals surface area contributed by atoms with Gasteiger partial charge in [-0.15, -0.1) is 16.8 Å². The molecule has 1 amide bonds. The van der Waals surface area contributed by atoms with Crippen LogP contribution in [0.15, 0.2) is 60.3 Å². The number of ether oxygens (including phenoxy) is 1. The molecule has 0 saturated carbocycles. The van der Waals surface area contributed by atoms with Crippen molar-refractivity contribution in [1.29, 1.82) is 0 Å². The monoisotopic (exact) mass is 450 g/mol. The molecular formula is C20H17ClF2N4O2S. The summed E-state index contributed by atoms with van der Waals surface area (Å²) >= 11 is 6.97. The van der Waals surface area contributed by atoms with Crippen LogP contribution in [0.5, 0.6) is 5.75 Å². The zero-order valence-electron chi connectivity index (χ0n) is 15.6. The molecule has 0 aliphatic heterocycles. The Morgan fingerprint density at radius 2 is 2.00 bits per heavy atom. The van der Waals surface area contributed by atoms with Crippen molar-refractivity contribution in [1.82, 2.24) is 14.8 Å². The summed E-state index contributed by atoms with van der Waals surface area (Å²) in [5.74, 6) is -0.760. The smallest absolute Gasteiger partial charge is 0.234 e. The number of carbonyl (C=O) groups is 1. The lowest BCUT2D eigenvalue weighted by atomic mass is 10.3. The van der Waals surface area contributed by atoms with Gasteiger partial charge in [0.15, 0.2) is 11.0 Å². The van der Waals surface area contributed by atoms with Gasteiger partial charge in [0.2, 0.25) is 5.91 Å². The number of halogens is 3. The third-order valence-electron chi connectivity index (χ3n) is 3.82. The summed E-state index contributed by atoms with van der Waals surface area (Å²) in [7, 11) is 0. The van der Waals surface area contributed by atoms with Gasteiger partial charge in [-0.2, -0.15) is 0 Å². The Morgan fingerprint density at radius 3 is 2.73 bits per heavy atom. The third-order valence-corrected chi connectivity index (χ3v) is 5.04. The lowest BCUT2D eigenvalue weighted by Gasteiger charge is -2.09. The summed E-state index contributed by atoms with van der Waals surface area (Å²) < 4.78 is 34.3. The number of hydrogen-bond donors (Lipinski definition) is 1. The first-order valence-electron chi connectivity index (χ1n) is 8.75. The van der Waals surface area contributed by atoms with Crippen molar-refractivity contribution in [3.63, 3.8) is 0 Å². The van der Waals surface area contributed by atoms with Crippen LogP contribution >= 0.6 is 23.4 Å². The second kappa shape index (κ2) is 10.2. The van der Waals surface area contributed by atoms with Crippen LogP contribution in [0.1, 0.15) is 5.82 Å². The minimum absolute atomic E-state index is 0.0662. The molecule has 0 aliphatic carbocycles. The van der Waals surface area contributed by atoms with Crippen molar-refractivity contribution < 1.29 is 18.3 Å². The quantitative estimate of drug-likeness (QED) is 0.378. The number of allylic oxidation sites excluding steroid dienone is 1. The number of thioether (sulfide) groups is 1. The summed E-state index contributed by atoms with van der Waals surface area (Å²) in [6, 6.07) is 9.75. The molecule has 1 N–H and O–H groups in total. The summed E-state index contributed by atoms with van der Waals surface area (Å²) in [6.07, 6.45) is 1.67. The topological polar surface area (TPSA) is 69.0 Å². The Bertz CT molecular complexity index is 1040. The van der Waals surface area contributed by atoms with Crippen molar-refractivity contribution >= 4 is 35.0 Å². The van der Waals surface area contributed by atoms with Crippen LogP contribution in [-0.2, 0) is 17.9 Å². The Balaban J connectivity index is 1.62. The molecule has 156 valence electrons. The van der Waals surface area contributed by atoms with Gasteiger partial charge >= 0.3 is 0 Å². The van der Waals surface area contributed by atoms with Gasteiger partial charge < -0.3 is 10.1 Å². The maximum atomic E-state index is 13.7. The molecule has 0 spiro atoms. The number of nitrogens with one attached hydrogen (secondary N) is 1. The average molecular weight is 451 g/mol. The molecule has 0 radical (unpaired) electrons. The van der Waals surface area contributed by atoms with E-state index in [2.05, 4.69) is 22.1 Å². The number of aromatic nitrogens is 3. The molecule has 3 rings (SSSR count). The van der Waals surface area contributed by atoms with Crippen molar-refractivity contribution in [2.45, 2.75) is 18.3 Å². The fraction of sp³-hybridized carbons (Fsp3) is 0.150. The summed E-state index contributed by atoms with van der Waals surface area (Å²) in [5, 5.41) is 11.6. The van der Waals surface area contributed by atoms with E-state index in [0.717, 1.165) is 30.0 Å². The average Bonchev–Trinajstić information content (AvgIpc) is 3.11. The van der Waals surface area contributed by atoms with Crippen LogP contribution in [0.4, 0.5) is 14.5 Å². The predicted molar refractivity (Wildman–Crippen MR) is 112 cm³/mol. The molecule has 6 nitrogen and oxygen atoms in total. The maximum Gasteiger partial charge on any atom is 0.234 e. The summed E-state index contributed by atoms with van der Waals surface area (Å²) in [5.41, 5.74) is -0.217. The molecule has 10 heteroatoms. The normalized spacial score (nSPS) is 10.6. The predicted octanol–water partition coefficient (Wildman–Crippen LogP) is 4.71. The number of benzene rings is 2. The summed E-state index contributed by atoms with van der Waals surface area (Å²) in [6.45, 7) is 4.29. The van der Waals surface area contributed by atoms with Crippen LogP contribution in [0, 0.1) is 11.6 Å². The molecule has 30 heavy (non-hydrogen) atoms. The highest BCUT2D eigenvalue weighted by atomic mass is 35.5. The minimum Gasteiger partial charge on any atom is -0.486 e. The highest BCUT2D eigenvalue weighted by Gasteiger charge is 2.15. The molecule has 0 unspecified atom stereocenters. The first-order chi connectivity index (χ1) is 14.5. The SMILES string of the molecule is C=CCn1c(COc2ccc(Cl)cc2)nnc1SCC(=O)Nc1cc(F)ccc1F. The van der Waals surface area contributed by atoms with E-state index in [1.54, 1.807) is 34.9 Å². The van der Waals surface area contributed by atoms with Gasteiger partial charge in [-0.25, -0.2) is 8.78 Å². The number of amides is 1. The molecule has 3 aromatic rings. The second-order valence-electron chi connectivity index (χ2n) is 6.00. The van der Waals surface area contributed by atoms with Crippen molar-refractivity contribution in [3.8, 4) is 5.75 Å². The zero-order valence-corrected chi connectivity index (χ0v) is 17.2. The highest BCUT2D eigenvalue weighted by molar-refractivity contribution is 7.99. The van der Waals surface area contributed by atoms with Crippen LogP contribution < -0.4 is 10.1 Å². The van der Waals surface area contributed by atoms with Crippen LogP contribution in [-0.4, -0.2) is 26.4 Å². The van der Waals surface area contributed by atoms with E-state index in [0.29, 0.717) is 28.3 Å². The van der Waals surface area contributed by atoms with E-state index in [4.69, 9.17) is 16.3 Å². The Kier molecular flexibility index (Phi) is 7.42. The number of nitrogens with zero attached hydrogens (tertiary/aromatic N) is 3. The molecule has 0 saturated heterocycles. The van der Waals surface area contributed by atoms with Crippen molar-refractivity contribution in [3.05, 3.63) is 77.6 Å². The lowest BCUT2D eigenvalue weighted by molar-refractivity contribution is -0.113. The molecule has 1 aromatic heterocycles. The van der Waals surface area contributed by atoms with E-state index in [-0.39, 0.29) is 18.0 Å². The second-order valence-corrected chi connectivity index (χ2v) is 7.38. The first-order valence-corrected chi connectivity index (χ1v) is 10.1. The maximum absolute atomic E-state index is 13.7. The lowest BCUT2D eigenvalue weighted by Crippen LogP contribution is -2.16. The van der Waals surface area contributed by atoms with E-state index in [1.807, 2.05) is 0 Å². The minimum atomic E-state index is -0.716. The third kappa shape index (κ3) is 5.80. The number of carbonyl (C=O) groups excluding carboxylic acids is 1. The summed E-state index contributed by atoms with van der Waals surface area (Å²) in [4.78, 5) is 12.1. The van der Waals surface area contributed by atoms with Crippen LogP contribution in [0.2, 0.25) is 5.02 Å². The number of rotatable bonds is 9. The van der Waals surface area contributed by atoms with Gasteiger partial charge in [0, 0.05) is 17.6 Å². The Labute approximate surface area is 180 Å². The van der Waals surface area contributed by atoms with E-state index < -0.39 is 17.5 Å². The Morgan fingerprint density at radius 1 is 1.23 bits per heavy atom. The molecule has 0 aliphatic rings. The van der Waals surface area contributed by atoms with E-state index in [9.17, 15) is 13.6 Å². The molecule has 2 aromatic carbocycles. The molecule has 0 atom stereocenters. The number of anilines is 1. The van der Waals surface area contributed by atoms with Crippen LogP contribution in [0.25, 0.3) is 0 Å². The van der Waals surface area contributed by atoms with Gasteiger partial charge in [-0.3, -0.25) is 9.36 Å². The van der Waals surface area contributed by atoms with Gasteiger partial charge in [0.25, 0.3) is 0 Å². The highest BCUT2D eigenvalue weighted by Crippen LogP contribution is 2.21. The fourth-order valence-electron chi connectivity index (χ4n) is 2.43.